The van der Waals surface area contributed by atoms with Gasteiger partial charge in [0.25, 0.3) is 7.82 Å². The molecule has 2 fully saturated rings. The maximum Gasteiger partial charge on any atom is 0.268 e. The minimum atomic E-state index is -4.37. The number of rotatable bonds is 1. The summed E-state index contributed by atoms with van der Waals surface area (Å²) in [6.45, 7) is -0.168. The Kier molecular flexibility index (Phi) is 2.94. The van der Waals surface area contributed by atoms with Crippen LogP contribution in [-0.2, 0) is 18.3 Å². The Labute approximate surface area is 119 Å². The maximum absolute atomic E-state index is 11.3. The van der Waals surface area contributed by atoms with Crippen molar-refractivity contribution in [2.75, 3.05) is 6.61 Å². The third-order valence-electron chi connectivity index (χ3n) is 3.70. The van der Waals surface area contributed by atoms with E-state index in [2.05, 4.69) is 9.62 Å². The van der Waals surface area contributed by atoms with Crippen molar-refractivity contribution in [1.82, 2.24) is 9.78 Å². The Bertz CT molecular complexity index is 733. The van der Waals surface area contributed by atoms with Gasteiger partial charge in [0.15, 0.2) is 6.23 Å². The summed E-state index contributed by atoms with van der Waals surface area (Å²) in [5, 5.41) is 15.4. The van der Waals surface area contributed by atoms with E-state index in [0.29, 0.717) is 0 Å². The van der Waals surface area contributed by atoms with E-state index in [4.69, 9.17) is 9.26 Å². The first-order valence-electron chi connectivity index (χ1n) is 6.45. The van der Waals surface area contributed by atoms with Crippen LogP contribution >= 0.6 is 7.82 Å². The van der Waals surface area contributed by atoms with Gasteiger partial charge in [0.1, 0.15) is 18.3 Å². The fourth-order valence-electron chi connectivity index (χ4n) is 2.72. The van der Waals surface area contributed by atoms with Crippen molar-refractivity contribution >= 4 is 18.7 Å². The Hall–Kier alpha value is -1.28. The lowest BCUT2D eigenvalue weighted by Crippen LogP contribution is -2.41. The van der Waals surface area contributed by atoms with Crippen molar-refractivity contribution in [3.63, 3.8) is 0 Å². The highest BCUT2D eigenvalue weighted by atomic mass is 31.2. The third kappa shape index (κ3) is 2.12. The minimum absolute atomic E-state index is 0.168. The molecule has 1 N–H and O–H groups in total. The highest BCUT2D eigenvalue weighted by Gasteiger charge is 2.50. The van der Waals surface area contributed by atoms with Crippen molar-refractivity contribution in [1.29, 1.82) is 0 Å². The second-order valence-corrected chi connectivity index (χ2v) is 6.38. The van der Waals surface area contributed by atoms with Gasteiger partial charge in [-0.2, -0.15) is 5.10 Å². The zero-order valence-corrected chi connectivity index (χ0v) is 11.6. The number of phosphoric acid groups is 1. The number of phosphoric ester groups is 1. The first-order valence-corrected chi connectivity index (χ1v) is 7.91. The van der Waals surface area contributed by atoms with Crippen LogP contribution in [0.1, 0.15) is 6.23 Å². The smallest absolute Gasteiger partial charge is 0.268 e. The number of nitrogens with zero attached hydrogens (tertiary/aromatic N) is 2. The van der Waals surface area contributed by atoms with E-state index in [9.17, 15) is 14.6 Å². The number of ether oxygens (including phenoxy) is 1. The molecule has 2 aliphatic heterocycles. The van der Waals surface area contributed by atoms with Crippen molar-refractivity contribution < 1.29 is 28.3 Å². The molecule has 0 spiro atoms. The zero-order valence-electron chi connectivity index (χ0n) is 10.7. The summed E-state index contributed by atoms with van der Waals surface area (Å²) < 4.78 is 27.9. The highest BCUT2D eigenvalue weighted by Crippen LogP contribution is 2.49. The molecule has 3 heterocycles. The zero-order chi connectivity index (χ0) is 14.6. The highest BCUT2D eigenvalue weighted by molar-refractivity contribution is 7.45. The number of aliphatic hydroxyl groups excluding tert-OH is 1. The summed E-state index contributed by atoms with van der Waals surface area (Å²) in [7, 11) is -4.37. The molecule has 8 nitrogen and oxygen atoms in total. The van der Waals surface area contributed by atoms with Gasteiger partial charge in [-0.1, -0.05) is 18.2 Å². The molecule has 5 atom stereocenters. The number of aromatic nitrogens is 2. The molecule has 1 aromatic carbocycles. The Morgan fingerprint density at radius 2 is 2.24 bits per heavy atom. The van der Waals surface area contributed by atoms with Crippen LogP contribution in [0.25, 0.3) is 10.9 Å². The van der Waals surface area contributed by atoms with Crippen molar-refractivity contribution in [3.05, 3.63) is 30.5 Å². The quantitative estimate of drug-likeness (QED) is 0.749. The molecule has 0 bridgehead atoms. The standard InChI is InChI=1S/C12H13N2O6P/c15-10-11-9(6-18-21(16,17)20-11)19-12(10)14-8-4-2-1-3-7(8)5-13-14/h1-5,9-12,15H,6H2,(H,16,17)/p-1/t9-,10-,11-,12-/m1/s1. The van der Waals surface area contributed by atoms with E-state index in [-0.39, 0.29) is 6.61 Å². The average molecular weight is 311 g/mol. The van der Waals surface area contributed by atoms with Crippen LogP contribution in [-0.4, -0.2) is 39.8 Å². The molecule has 1 aromatic heterocycles. The fraction of sp³-hybridized carbons (Fsp3) is 0.417. The Morgan fingerprint density at radius 3 is 3.10 bits per heavy atom. The first-order chi connectivity index (χ1) is 10.1. The van der Waals surface area contributed by atoms with E-state index in [1.165, 1.54) is 4.68 Å². The van der Waals surface area contributed by atoms with Gasteiger partial charge in [-0.3, -0.25) is 4.57 Å². The number of hydrogen-bond acceptors (Lipinski definition) is 7. The Morgan fingerprint density at radius 1 is 1.43 bits per heavy atom. The van der Waals surface area contributed by atoms with Crippen LogP contribution in [0.15, 0.2) is 30.5 Å². The fourth-order valence-corrected chi connectivity index (χ4v) is 3.67. The topological polar surface area (TPSA) is 106 Å². The summed E-state index contributed by atoms with van der Waals surface area (Å²) >= 11 is 0. The molecule has 0 radical (unpaired) electrons. The van der Waals surface area contributed by atoms with Crippen LogP contribution < -0.4 is 4.89 Å². The summed E-state index contributed by atoms with van der Waals surface area (Å²) in [6, 6.07) is 7.46. The predicted molar refractivity (Wildman–Crippen MR) is 68.1 cm³/mol. The molecule has 2 saturated heterocycles. The second-order valence-electron chi connectivity index (χ2n) is 5.02. The molecule has 0 aliphatic carbocycles. The maximum atomic E-state index is 11.3. The van der Waals surface area contributed by atoms with Crippen molar-refractivity contribution in [2.24, 2.45) is 0 Å². The van der Waals surface area contributed by atoms with Crippen molar-refractivity contribution in [2.45, 2.75) is 24.5 Å². The predicted octanol–water partition coefficient (Wildman–Crippen LogP) is 0.178. The normalized spacial score (nSPS) is 39.5. The van der Waals surface area contributed by atoms with E-state index >= 15 is 0 Å². The van der Waals surface area contributed by atoms with Gasteiger partial charge in [0, 0.05) is 5.39 Å². The number of para-hydroxylation sites is 1. The van der Waals surface area contributed by atoms with E-state index in [1.807, 2.05) is 24.3 Å². The number of aliphatic hydroxyl groups is 1. The molecule has 0 amide bonds. The van der Waals surface area contributed by atoms with Gasteiger partial charge in [-0.05, 0) is 6.07 Å². The lowest BCUT2D eigenvalue weighted by Gasteiger charge is -2.34. The van der Waals surface area contributed by atoms with E-state index in [1.54, 1.807) is 6.20 Å². The molecule has 112 valence electrons. The number of benzene rings is 1. The Balaban J connectivity index is 1.69. The molecular formula is C12H12N2O6P-. The summed E-state index contributed by atoms with van der Waals surface area (Å²) in [5.41, 5.74) is 0.784. The van der Waals surface area contributed by atoms with Crippen LogP contribution in [0, 0.1) is 0 Å². The lowest BCUT2D eigenvalue weighted by molar-refractivity contribution is -0.245. The van der Waals surface area contributed by atoms with Gasteiger partial charge in [0.2, 0.25) is 0 Å². The molecule has 21 heavy (non-hydrogen) atoms. The molecular weight excluding hydrogens is 299 g/mol. The molecule has 4 rings (SSSR count). The third-order valence-corrected chi connectivity index (χ3v) is 4.67. The lowest BCUT2D eigenvalue weighted by atomic mass is 10.1. The first kappa shape index (κ1) is 13.4. The van der Waals surface area contributed by atoms with Gasteiger partial charge in [-0.25, -0.2) is 4.68 Å². The van der Waals surface area contributed by atoms with E-state index < -0.39 is 32.4 Å². The van der Waals surface area contributed by atoms with E-state index in [0.717, 1.165) is 10.9 Å². The SMILES string of the molecule is O=P1([O-])OC[C@H]2O[C@@H](n3ncc4ccccc43)[C@H](O)[C@@H]2O1. The van der Waals surface area contributed by atoms with Gasteiger partial charge < -0.3 is 23.8 Å². The van der Waals surface area contributed by atoms with Crippen LogP contribution in [0.4, 0.5) is 0 Å². The van der Waals surface area contributed by atoms with Gasteiger partial charge >= 0.3 is 0 Å². The summed E-state index contributed by atoms with van der Waals surface area (Å²) in [4.78, 5) is 11.3. The number of fused-ring (bicyclic) bond motifs is 2. The summed E-state index contributed by atoms with van der Waals surface area (Å²) in [6.07, 6.45) is -1.94. The van der Waals surface area contributed by atoms with Gasteiger partial charge in [0.05, 0.1) is 18.3 Å². The largest absolute Gasteiger partial charge is 0.756 e. The monoisotopic (exact) mass is 311 g/mol. The molecule has 2 aliphatic rings. The van der Waals surface area contributed by atoms with Crippen LogP contribution in [0.5, 0.6) is 0 Å². The molecule has 9 heteroatoms. The molecule has 0 saturated carbocycles. The number of hydrogen-bond donors (Lipinski definition) is 1. The second kappa shape index (κ2) is 4.61. The van der Waals surface area contributed by atoms with Crippen LogP contribution in [0.3, 0.4) is 0 Å². The van der Waals surface area contributed by atoms with Crippen LogP contribution in [0.2, 0.25) is 0 Å². The minimum Gasteiger partial charge on any atom is -0.756 e. The summed E-state index contributed by atoms with van der Waals surface area (Å²) in [5.74, 6) is 0. The molecule has 1 unspecified atom stereocenters. The molecule has 2 aromatic rings. The average Bonchev–Trinajstić information content (AvgIpc) is 3.00. The van der Waals surface area contributed by atoms with Gasteiger partial charge in [-0.15, -0.1) is 0 Å². The van der Waals surface area contributed by atoms with Crippen molar-refractivity contribution in [3.8, 4) is 0 Å².